The molecular formula is C21H22N4O3. The number of rotatable bonds is 6. The van der Waals surface area contributed by atoms with Crippen molar-refractivity contribution in [2.45, 2.75) is 26.4 Å². The molecule has 0 saturated carbocycles. The van der Waals surface area contributed by atoms with Crippen LogP contribution in [0.4, 0.5) is 11.4 Å². The van der Waals surface area contributed by atoms with Crippen LogP contribution < -0.4 is 15.0 Å². The molecule has 4 rings (SSSR count). The minimum Gasteiger partial charge on any atom is -0.485 e. The van der Waals surface area contributed by atoms with E-state index in [9.17, 15) is 4.79 Å². The second-order valence-electron chi connectivity index (χ2n) is 6.74. The van der Waals surface area contributed by atoms with Crippen LogP contribution in [-0.2, 0) is 6.61 Å². The van der Waals surface area contributed by atoms with Crippen molar-refractivity contribution in [1.29, 1.82) is 0 Å². The van der Waals surface area contributed by atoms with Gasteiger partial charge in [0.15, 0.2) is 6.61 Å². The molecule has 3 aromatic rings. The van der Waals surface area contributed by atoms with Crippen molar-refractivity contribution in [3.63, 3.8) is 0 Å². The van der Waals surface area contributed by atoms with Gasteiger partial charge in [-0.2, -0.15) is 4.98 Å². The largest absolute Gasteiger partial charge is 0.485 e. The molecule has 1 aliphatic heterocycles. The first-order valence-corrected chi connectivity index (χ1v) is 9.36. The van der Waals surface area contributed by atoms with Gasteiger partial charge in [-0.25, -0.2) is 0 Å². The zero-order valence-electron chi connectivity index (χ0n) is 15.7. The second kappa shape index (κ2) is 8.12. The Morgan fingerprint density at radius 1 is 1.18 bits per heavy atom. The van der Waals surface area contributed by atoms with Gasteiger partial charge in [0.05, 0.1) is 0 Å². The summed E-state index contributed by atoms with van der Waals surface area (Å²) in [7, 11) is 0. The quantitative estimate of drug-likeness (QED) is 0.703. The van der Waals surface area contributed by atoms with Crippen molar-refractivity contribution in [3.05, 3.63) is 65.8 Å². The first-order valence-electron chi connectivity index (χ1n) is 9.36. The number of hydrogen-bond donors (Lipinski definition) is 1. The van der Waals surface area contributed by atoms with Gasteiger partial charge in [-0.1, -0.05) is 11.2 Å². The first kappa shape index (κ1) is 18.0. The number of carbonyl (C=O) groups is 1. The van der Waals surface area contributed by atoms with Crippen LogP contribution in [0.15, 0.2) is 53.1 Å². The summed E-state index contributed by atoms with van der Waals surface area (Å²) < 4.78 is 10.5. The topological polar surface area (TPSA) is 80.5 Å². The number of nitrogens with zero attached hydrogens (tertiary/aromatic N) is 3. The average Bonchev–Trinajstić information content (AvgIpc) is 3.39. The van der Waals surface area contributed by atoms with Crippen molar-refractivity contribution in [1.82, 2.24) is 10.1 Å². The molecule has 1 saturated heterocycles. The fourth-order valence-electron chi connectivity index (χ4n) is 3.21. The molecule has 7 heteroatoms. The summed E-state index contributed by atoms with van der Waals surface area (Å²) in [6, 6.07) is 14.9. The van der Waals surface area contributed by atoms with Crippen LogP contribution in [0.5, 0.6) is 5.75 Å². The Bertz CT molecular complexity index is 946. The lowest BCUT2D eigenvalue weighted by atomic mass is 10.2. The molecule has 1 aromatic heterocycles. The van der Waals surface area contributed by atoms with E-state index in [4.69, 9.17) is 9.26 Å². The lowest BCUT2D eigenvalue weighted by Gasteiger charge is -2.18. The molecule has 1 fully saturated rings. The fraction of sp³-hybridized carbons (Fsp3) is 0.286. The number of aryl methyl sites for hydroxylation is 1. The highest BCUT2D eigenvalue weighted by Gasteiger charge is 2.13. The standard InChI is InChI=1S/C21H22N4O3/c1-15-22-20(24-28-15)14-27-19-9-7-16(8-10-19)21(26)23-17-5-4-6-18(13-17)25-11-2-3-12-25/h4-10,13H,2-3,11-12,14H2,1H3,(H,23,26). The smallest absolute Gasteiger partial charge is 0.255 e. The van der Waals surface area contributed by atoms with Crippen molar-refractivity contribution in [2.75, 3.05) is 23.3 Å². The van der Waals surface area contributed by atoms with E-state index in [2.05, 4.69) is 26.4 Å². The highest BCUT2D eigenvalue weighted by Crippen LogP contribution is 2.24. The van der Waals surface area contributed by atoms with E-state index < -0.39 is 0 Å². The minimum absolute atomic E-state index is 0.154. The summed E-state index contributed by atoms with van der Waals surface area (Å²) in [6.45, 7) is 4.08. The molecule has 2 aromatic carbocycles. The third kappa shape index (κ3) is 4.31. The Balaban J connectivity index is 1.36. The van der Waals surface area contributed by atoms with Gasteiger partial charge in [0, 0.05) is 37.0 Å². The molecule has 0 unspecified atom stereocenters. The highest BCUT2D eigenvalue weighted by molar-refractivity contribution is 6.04. The van der Waals surface area contributed by atoms with Gasteiger partial charge < -0.3 is 19.5 Å². The third-order valence-electron chi connectivity index (χ3n) is 4.63. The summed E-state index contributed by atoms with van der Waals surface area (Å²) >= 11 is 0. The Hall–Kier alpha value is -3.35. The van der Waals surface area contributed by atoms with Gasteiger partial charge in [0.1, 0.15) is 5.75 Å². The van der Waals surface area contributed by atoms with Crippen LogP contribution >= 0.6 is 0 Å². The van der Waals surface area contributed by atoms with Crippen LogP contribution in [-0.4, -0.2) is 29.1 Å². The van der Waals surface area contributed by atoms with E-state index in [0.717, 1.165) is 24.5 Å². The molecule has 0 bridgehead atoms. The maximum absolute atomic E-state index is 12.5. The summed E-state index contributed by atoms with van der Waals surface area (Å²) in [5.41, 5.74) is 2.51. The number of aromatic nitrogens is 2. The van der Waals surface area contributed by atoms with Gasteiger partial charge in [-0.15, -0.1) is 0 Å². The molecule has 144 valence electrons. The van der Waals surface area contributed by atoms with Gasteiger partial charge in [0.25, 0.3) is 5.91 Å². The van der Waals surface area contributed by atoms with Crippen LogP contribution in [0.1, 0.15) is 34.9 Å². The Morgan fingerprint density at radius 3 is 2.68 bits per heavy atom. The summed E-state index contributed by atoms with van der Waals surface area (Å²) in [4.78, 5) is 19.0. The molecule has 0 atom stereocenters. The zero-order chi connectivity index (χ0) is 19.3. The molecule has 2 heterocycles. The average molecular weight is 378 g/mol. The SMILES string of the molecule is Cc1nc(COc2ccc(C(=O)Nc3cccc(N4CCCC4)c3)cc2)no1. The number of ether oxygens (including phenoxy) is 1. The molecule has 1 N–H and O–H groups in total. The lowest BCUT2D eigenvalue weighted by molar-refractivity contribution is 0.102. The van der Waals surface area contributed by atoms with Gasteiger partial charge in [-0.3, -0.25) is 4.79 Å². The van der Waals surface area contributed by atoms with Crippen molar-refractivity contribution < 1.29 is 14.1 Å². The van der Waals surface area contributed by atoms with E-state index in [1.165, 1.54) is 12.8 Å². The number of benzene rings is 2. The zero-order valence-corrected chi connectivity index (χ0v) is 15.7. The van der Waals surface area contributed by atoms with Crippen LogP contribution in [0.3, 0.4) is 0 Å². The van der Waals surface area contributed by atoms with E-state index in [0.29, 0.717) is 23.0 Å². The Morgan fingerprint density at radius 2 is 1.96 bits per heavy atom. The minimum atomic E-state index is -0.154. The fourth-order valence-corrected chi connectivity index (χ4v) is 3.21. The number of hydrogen-bond acceptors (Lipinski definition) is 6. The maximum atomic E-state index is 12.5. The Labute approximate surface area is 163 Å². The second-order valence-corrected chi connectivity index (χ2v) is 6.74. The van der Waals surface area contributed by atoms with E-state index in [1.54, 1.807) is 31.2 Å². The normalized spacial score (nSPS) is 13.5. The van der Waals surface area contributed by atoms with Crippen molar-refractivity contribution >= 4 is 17.3 Å². The number of carbonyl (C=O) groups excluding carboxylic acids is 1. The maximum Gasteiger partial charge on any atom is 0.255 e. The molecule has 1 amide bonds. The summed E-state index contributed by atoms with van der Waals surface area (Å²) in [5.74, 6) is 1.46. The third-order valence-corrected chi connectivity index (χ3v) is 4.63. The predicted molar refractivity (Wildman–Crippen MR) is 106 cm³/mol. The first-order chi connectivity index (χ1) is 13.7. The number of nitrogens with one attached hydrogen (secondary N) is 1. The summed E-state index contributed by atoms with van der Waals surface area (Å²) in [5, 5.41) is 6.74. The van der Waals surface area contributed by atoms with Crippen molar-refractivity contribution in [2.24, 2.45) is 0 Å². The van der Waals surface area contributed by atoms with Gasteiger partial charge in [-0.05, 0) is 55.3 Å². The van der Waals surface area contributed by atoms with Crippen molar-refractivity contribution in [3.8, 4) is 5.75 Å². The van der Waals surface area contributed by atoms with E-state index in [1.807, 2.05) is 18.2 Å². The molecule has 1 aliphatic rings. The molecule has 0 spiro atoms. The molecule has 0 aliphatic carbocycles. The van der Waals surface area contributed by atoms with Gasteiger partial charge in [0.2, 0.25) is 11.7 Å². The van der Waals surface area contributed by atoms with Crippen LogP contribution in [0.2, 0.25) is 0 Å². The highest BCUT2D eigenvalue weighted by atomic mass is 16.5. The molecular weight excluding hydrogens is 356 g/mol. The van der Waals surface area contributed by atoms with E-state index >= 15 is 0 Å². The lowest BCUT2D eigenvalue weighted by Crippen LogP contribution is -2.18. The predicted octanol–water partition coefficient (Wildman–Crippen LogP) is 3.81. The number of amides is 1. The number of anilines is 2. The van der Waals surface area contributed by atoms with Gasteiger partial charge >= 0.3 is 0 Å². The summed E-state index contributed by atoms with van der Waals surface area (Å²) in [6.07, 6.45) is 2.44. The molecule has 0 radical (unpaired) electrons. The molecule has 7 nitrogen and oxygen atoms in total. The monoisotopic (exact) mass is 378 g/mol. The van der Waals surface area contributed by atoms with Crippen LogP contribution in [0, 0.1) is 6.92 Å². The van der Waals surface area contributed by atoms with Crippen LogP contribution in [0.25, 0.3) is 0 Å². The van der Waals surface area contributed by atoms with E-state index in [-0.39, 0.29) is 12.5 Å². The molecule has 28 heavy (non-hydrogen) atoms. The Kier molecular flexibility index (Phi) is 5.23.